The summed E-state index contributed by atoms with van der Waals surface area (Å²) < 4.78 is 1.28. The van der Waals surface area contributed by atoms with Crippen molar-refractivity contribution in [1.29, 1.82) is 0 Å². The molecule has 120 valence electrons. The number of rotatable bonds is 7. The lowest BCUT2D eigenvalue weighted by Gasteiger charge is -2.39. The average Bonchev–Trinajstić information content (AvgIpc) is 2.44. The summed E-state index contributed by atoms with van der Waals surface area (Å²) in [6, 6.07) is 0.930. The van der Waals surface area contributed by atoms with Gasteiger partial charge in [0, 0.05) is 0 Å². The minimum Gasteiger partial charge on any atom is -0.326 e. The van der Waals surface area contributed by atoms with Crippen molar-refractivity contribution in [1.82, 2.24) is 0 Å². The molecule has 0 saturated heterocycles. The highest BCUT2D eigenvalue weighted by Crippen LogP contribution is 2.24. The Morgan fingerprint density at radius 2 is 1.20 bits per heavy atom. The third kappa shape index (κ3) is 7.67. The average molecular weight is 283 g/mol. The maximum absolute atomic E-state index is 2.50. The van der Waals surface area contributed by atoms with E-state index in [0.29, 0.717) is 0 Å². The summed E-state index contributed by atoms with van der Waals surface area (Å²) in [5.41, 5.74) is 0. The Bertz CT molecular complexity index is 212. The predicted octanol–water partition coefficient (Wildman–Crippen LogP) is 5.93. The predicted molar refractivity (Wildman–Crippen MR) is 91.1 cm³/mol. The van der Waals surface area contributed by atoms with E-state index in [0.717, 1.165) is 6.04 Å². The molecule has 0 amide bonds. The van der Waals surface area contributed by atoms with Crippen LogP contribution in [0.25, 0.3) is 0 Å². The third-order valence-corrected chi connectivity index (χ3v) is 5.40. The molecule has 0 aliphatic heterocycles. The van der Waals surface area contributed by atoms with E-state index in [2.05, 4.69) is 21.0 Å². The number of hydrogen-bond donors (Lipinski definition) is 0. The van der Waals surface area contributed by atoms with E-state index in [1.807, 2.05) is 0 Å². The van der Waals surface area contributed by atoms with Crippen molar-refractivity contribution in [3.8, 4) is 0 Å². The molecule has 1 heteroatoms. The van der Waals surface area contributed by atoms with E-state index in [4.69, 9.17) is 0 Å². The Kier molecular flexibility index (Phi) is 9.59. The van der Waals surface area contributed by atoms with E-state index in [1.54, 1.807) is 0 Å². The highest BCUT2D eigenvalue weighted by Gasteiger charge is 2.27. The van der Waals surface area contributed by atoms with Crippen molar-refractivity contribution in [2.45, 2.75) is 103 Å². The van der Waals surface area contributed by atoms with Gasteiger partial charge in [-0.05, 0) is 38.5 Å². The van der Waals surface area contributed by atoms with Crippen LogP contribution in [0, 0.1) is 0 Å². The minimum atomic E-state index is 0.930. The molecule has 0 aromatic rings. The van der Waals surface area contributed by atoms with Gasteiger partial charge in [-0.2, -0.15) is 0 Å². The fourth-order valence-electron chi connectivity index (χ4n) is 3.79. The van der Waals surface area contributed by atoms with Gasteiger partial charge in [0.05, 0.1) is 26.7 Å². The number of quaternary nitrogens is 1. The van der Waals surface area contributed by atoms with Gasteiger partial charge in [0.25, 0.3) is 0 Å². The lowest BCUT2D eigenvalue weighted by atomic mass is 9.95. The van der Waals surface area contributed by atoms with Crippen LogP contribution in [0.3, 0.4) is 0 Å². The molecule has 0 atom stereocenters. The summed E-state index contributed by atoms with van der Waals surface area (Å²) in [7, 11) is 4.99. The molecule has 0 unspecified atom stereocenters. The number of nitrogens with zero attached hydrogens (tertiary/aromatic N) is 1. The van der Waals surface area contributed by atoms with Gasteiger partial charge in [-0.15, -0.1) is 0 Å². The van der Waals surface area contributed by atoms with Crippen molar-refractivity contribution in [2.75, 3.05) is 20.6 Å². The summed E-state index contributed by atoms with van der Waals surface area (Å²) in [6.07, 6.45) is 20.4. The molecule has 0 spiro atoms. The molecule has 1 aliphatic rings. The molecule has 1 aliphatic carbocycles. The molecule has 0 aromatic carbocycles. The minimum absolute atomic E-state index is 0.930. The first kappa shape index (κ1) is 18.0. The van der Waals surface area contributed by atoms with Crippen LogP contribution in [0.2, 0.25) is 0 Å². The molecule has 0 aromatic heterocycles. The highest BCUT2D eigenvalue weighted by atomic mass is 15.3. The van der Waals surface area contributed by atoms with Gasteiger partial charge in [0.15, 0.2) is 0 Å². The van der Waals surface area contributed by atoms with Crippen molar-refractivity contribution in [2.24, 2.45) is 0 Å². The second-order valence-corrected chi connectivity index (χ2v) is 7.62. The second kappa shape index (κ2) is 10.7. The van der Waals surface area contributed by atoms with Crippen molar-refractivity contribution >= 4 is 0 Å². The van der Waals surface area contributed by atoms with Crippen LogP contribution in [-0.4, -0.2) is 31.2 Å². The Hall–Kier alpha value is -0.0400. The second-order valence-electron chi connectivity index (χ2n) is 7.62. The zero-order valence-corrected chi connectivity index (χ0v) is 14.6. The van der Waals surface area contributed by atoms with Crippen molar-refractivity contribution in [3.63, 3.8) is 0 Å². The standard InChI is InChI=1S/C19H40N/c1-4-5-6-12-15-18-20(2,3)19-16-13-10-8-7-9-11-14-17-19/h19H,4-18H2,1-3H3/q+1. The van der Waals surface area contributed by atoms with Gasteiger partial charge in [-0.1, -0.05) is 58.3 Å². The Morgan fingerprint density at radius 1 is 0.700 bits per heavy atom. The molecule has 0 N–H and O–H groups in total. The normalized spacial score (nSPS) is 19.9. The molecule has 0 radical (unpaired) electrons. The first-order valence-electron chi connectivity index (χ1n) is 9.49. The Morgan fingerprint density at radius 3 is 1.75 bits per heavy atom. The van der Waals surface area contributed by atoms with Gasteiger partial charge < -0.3 is 4.48 Å². The number of hydrogen-bond acceptors (Lipinski definition) is 0. The molecule has 0 heterocycles. The van der Waals surface area contributed by atoms with Gasteiger partial charge in [0.2, 0.25) is 0 Å². The monoisotopic (exact) mass is 282 g/mol. The molecule has 1 nitrogen and oxygen atoms in total. The molecule has 1 saturated carbocycles. The van der Waals surface area contributed by atoms with Crippen molar-refractivity contribution < 1.29 is 4.48 Å². The molecular weight excluding hydrogens is 242 g/mol. The molecule has 1 rings (SSSR count). The van der Waals surface area contributed by atoms with E-state index in [-0.39, 0.29) is 0 Å². The SMILES string of the molecule is CCCCCCC[N+](C)(C)C1CCCCCCCCC1. The third-order valence-electron chi connectivity index (χ3n) is 5.40. The maximum Gasteiger partial charge on any atom is 0.0886 e. The van der Waals surface area contributed by atoms with Gasteiger partial charge in [-0.25, -0.2) is 0 Å². The van der Waals surface area contributed by atoms with Crippen LogP contribution in [0.1, 0.15) is 96.8 Å². The van der Waals surface area contributed by atoms with Gasteiger partial charge in [0.1, 0.15) is 0 Å². The zero-order chi connectivity index (χ0) is 14.7. The Balaban J connectivity index is 2.32. The van der Waals surface area contributed by atoms with Crippen LogP contribution in [0.5, 0.6) is 0 Å². The fraction of sp³-hybridized carbons (Fsp3) is 1.00. The van der Waals surface area contributed by atoms with Crippen LogP contribution >= 0.6 is 0 Å². The van der Waals surface area contributed by atoms with E-state index < -0.39 is 0 Å². The van der Waals surface area contributed by atoms with E-state index in [1.165, 1.54) is 101 Å². The molecule has 1 fully saturated rings. The lowest BCUT2D eigenvalue weighted by molar-refractivity contribution is -0.916. The van der Waals surface area contributed by atoms with E-state index in [9.17, 15) is 0 Å². The molecule has 20 heavy (non-hydrogen) atoms. The summed E-state index contributed by atoms with van der Waals surface area (Å²) in [5.74, 6) is 0. The van der Waals surface area contributed by atoms with Crippen LogP contribution in [-0.2, 0) is 0 Å². The van der Waals surface area contributed by atoms with Gasteiger partial charge >= 0.3 is 0 Å². The van der Waals surface area contributed by atoms with Crippen molar-refractivity contribution in [3.05, 3.63) is 0 Å². The highest BCUT2D eigenvalue weighted by molar-refractivity contribution is 4.63. The first-order chi connectivity index (χ1) is 9.67. The van der Waals surface area contributed by atoms with E-state index >= 15 is 0 Å². The van der Waals surface area contributed by atoms with Crippen LogP contribution in [0.4, 0.5) is 0 Å². The zero-order valence-electron chi connectivity index (χ0n) is 14.6. The Labute approximate surface area is 128 Å². The largest absolute Gasteiger partial charge is 0.326 e. The van der Waals surface area contributed by atoms with Gasteiger partial charge in [-0.3, -0.25) is 0 Å². The molecule has 0 bridgehead atoms. The summed E-state index contributed by atoms with van der Waals surface area (Å²) >= 11 is 0. The summed E-state index contributed by atoms with van der Waals surface area (Å²) in [5, 5.41) is 0. The van der Waals surface area contributed by atoms with Crippen LogP contribution < -0.4 is 0 Å². The molecular formula is C19H40N+. The number of unbranched alkanes of at least 4 members (excludes halogenated alkanes) is 4. The lowest BCUT2D eigenvalue weighted by Crippen LogP contribution is -2.49. The summed E-state index contributed by atoms with van der Waals surface area (Å²) in [6.45, 7) is 3.70. The topological polar surface area (TPSA) is 0 Å². The maximum atomic E-state index is 2.50. The quantitative estimate of drug-likeness (QED) is 0.401. The summed E-state index contributed by atoms with van der Waals surface area (Å²) in [4.78, 5) is 0. The fourth-order valence-corrected chi connectivity index (χ4v) is 3.79. The first-order valence-corrected chi connectivity index (χ1v) is 9.49. The van der Waals surface area contributed by atoms with Crippen LogP contribution in [0.15, 0.2) is 0 Å². The smallest absolute Gasteiger partial charge is 0.0886 e.